The average molecular weight is 337 g/mol. The maximum atomic E-state index is 12.7. The average Bonchev–Trinajstić information content (AvgIpc) is 2.52. The Morgan fingerprint density at radius 3 is 2.48 bits per heavy atom. The number of benzene rings is 1. The summed E-state index contributed by atoms with van der Waals surface area (Å²) in [5.74, 6) is 3.29. The van der Waals surface area contributed by atoms with Crippen LogP contribution in [0.3, 0.4) is 0 Å². The fourth-order valence-corrected chi connectivity index (χ4v) is 3.51. The molecule has 0 bridgehead atoms. The highest BCUT2D eigenvalue weighted by Gasteiger charge is 2.23. The van der Waals surface area contributed by atoms with Gasteiger partial charge in [0.15, 0.2) is 5.78 Å². The van der Waals surface area contributed by atoms with Crippen LogP contribution in [0, 0.1) is 11.8 Å². The predicted molar refractivity (Wildman–Crippen MR) is 101 cm³/mol. The van der Waals surface area contributed by atoms with E-state index in [0.29, 0.717) is 24.9 Å². The number of thioether (sulfide) groups is 1. The molecule has 0 aromatic heterocycles. The summed E-state index contributed by atoms with van der Waals surface area (Å²) in [5.41, 5.74) is 0.976. The number of hydrogen-bond acceptors (Lipinski definition) is 3. The molecule has 0 aliphatic rings. The molecule has 0 aliphatic heterocycles. The zero-order chi connectivity index (χ0) is 17.1. The summed E-state index contributed by atoms with van der Waals surface area (Å²) in [6, 6.07) is 9.89. The molecular formula is C20H32O2S. The molecule has 0 radical (unpaired) electrons. The Bertz CT molecular complexity index is 431. The number of ether oxygens (including phenoxy) is 1. The summed E-state index contributed by atoms with van der Waals surface area (Å²) in [6.45, 7) is 9.22. The van der Waals surface area contributed by atoms with Crippen molar-refractivity contribution >= 4 is 17.5 Å². The largest absolute Gasteiger partial charge is 0.365 e. The van der Waals surface area contributed by atoms with Gasteiger partial charge in [-0.05, 0) is 35.3 Å². The second kappa shape index (κ2) is 11.7. The van der Waals surface area contributed by atoms with Crippen molar-refractivity contribution in [3.05, 3.63) is 35.9 Å². The number of unbranched alkanes of at least 4 members (excludes halogenated alkanes) is 1. The van der Waals surface area contributed by atoms with Gasteiger partial charge in [-0.25, -0.2) is 0 Å². The van der Waals surface area contributed by atoms with Crippen molar-refractivity contribution in [1.82, 2.24) is 0 Å². The molecule has 1 aromatic carbocycles. The number of ketones is 1. The van der Waals surface area contributed by atoms with Crippen LogP contribution in [0.5, 0.6) is 0 Å². The highest BCUT2D eigenvalue weighted by molar-refractivity contribution is 7.99. The molecule has 0 spiro atoms. The van der Waals surface area contributed by atoms with Crippen molar-refractivity contribution in [2.24, 2.45) is 11.8 Å². The Kier molecular flexibility index (Phi) is 10.3. The predicted octanol–water partition coefficient (Wildman–Crippen LogP) is 5.53. The van der Waals surface area contributed by atoms with Crippen LogP contribution in [0.4, 0.5) is 0 Å². The normalized spacial score (nSPS) is 14.0. The van der Waals surface area contributed by atoms with Crippen LogP contribution in [0.25, 0.3) is 0 Å². The van der Waals surface area contributed by atoms with Gasteiger partial charge in [0.2, 0.25) is 0 Å². The van der Waals surface area contributed by atoms with Gasteiger partial charge in [-0.3, -0.25) is 4.79 Å². The Morgan fingerprint density at radius 2 is 1.87 bits per heavy atom. The maximum Gasteiger partial charge on any atom is 0.166 e. The van der Waals surface area contributed by atoms with E-state index in [1.165, 1.54) is 18.6 Å². The molecule has 0 amide bonds. The molecule has 2 atom stereocenters. The van der Waals surface area contributed by atoms with Gasteiger partial charge in [-0.15, -0.1) is 0 Å². The van der Waals surface area contributed by atoms with Crippen LogP contribution >= 0.6 is 11.8 Å². The molecule has 2 nitrogen and oxygen atoms in total. The molecule has 1 rings (SSSR count). The smallest absolute Gasteiger partial charge is 0.166 e. The molecule has 2 unspecified atom stereocenters. The third kappa shape index (κ3) is 8.57. The van der Waals surface area contributed by atoms with Gasteiger partial charge in [-0.2, -0.15) is 11.8 Å². The highest BCUT2D eigenvalue weighted by atomic mass is 32.2. The van der Waals surface area contributed by atoms with Crippen molar-refractivity contribution in [3.8, 4) is 0 Å². The highest BCUT2D eigenvalue weighted by Crippen LogP contribution is 2.24. The van der Waals surface area contributed by atoms with E-state index in [2.05, 4.69) is 27.7 Å². The van der Waals surface area contributed by atoms with Crippen LogP contribution in [0.1, 0.15) is 58.6 Å². The molecule has 1 aromatic rings. The Morgan fingerprint density at radius 1 is 1.17 bits per heavy atom. The van der Waals surface area contributed by atoms with Gasteiger partial charge < -0.3 is 4.74 Å². The van der Waals surface area contributed by atoms with E-state index >= 15 is 0 Å². The van der Waals surface area contributed by atoms with Crippen molar-refractivity contribution in [3.63, 3.8) is 0 Å². The van der Waals surface area contributed by atoms with Gasteiger partial charge in [-0.1, -0.05) is 64.4 Å². The van der Waals surface area contributed by atoms with Crippen LogP contribution in [-0.4, -0.2) is 23.9 Å². The van der Waals surface area contributed by atoms with E-state index in [1.807, 2.05) is 42.1 Å². The summed E-state index contributed by atoms with van der Waals surface area (Å²) < 4.78 is 5.94. The van der Waals surface area contributed by atoms with E-state index < -0.39 is 6.10 Å². The fraction of sp³-hybridized carbons (Fsp3) is 0.650. The minimum atomic E-state index is -0.415. The zero-order valence-corrected chi connectivity index (χ0v) is 15.9. The monoisotopic (exact) mass is 336 g/mol. The Hall–Kier alpha value is -0.800. The topological polar surface area (TPSA) is 26.3 Å². The van der Waals surface area contributed by atoms with Gasteiger partial charge in [0.1, 0.15) is 6.10 Å². The number of carbonyl (C=O) groups excluding carboxylic acids is 1. The van der Waals surface area contributed by atoms with Crippen LogP contribution in [0.2, 0.25) is 0 Å². The summed E-state index contributed by atoms with van der Waals surface area (Å²) in [5, 5.41) is 0. The van der Waals surface area contributed by atoms with E-state index in [9.17, 15) is 4.79 Å². The molecule has 0 N–H and O–H groups in total. The van der Waals surface area contributed by atoms with Gasteiger partial charge in [0.25, 0.3) is 0 Å². The van der Waals surface area contributed by atoms with Crippen molar-refractivity contribution in [2.75, 3.05) is 18.1 Å². The van der Waals surface area contributed by atoms with Crippen LogP contribution in [0.15, 0.2) is 30.3 Å². The first-order valence-electron chi connectivity index (χ1n) is 8.81. The third-order valence-corrected chi connectivity index (χ3v) is 4.97. The standard InChI is InChI=1S/C20H32O2S/c1-5-6-12-23-15-17(4)13-19(21)20(22-14-16(2)3)18-10-8-7-9-11-18/h7-11,16-17,20H,5-6,12-15H2,1-4H3. The van der Waals surface area contributed by atoms with E-state index in [4.69, 9.17) is 4.74 Å². The maximum absolute atomic E-state index is 12.7. The first-order valence-corrected chi connectivity index (χ1v) is 9.97. The minimum Gasteiger partial charge on any atom is -0.365 e. The quantitative estimate of drug-likeness (QED) is 0.469. The van der Waals surface area contributed by atoms with Crippen molar-refractivity contribution in [2.45, 2.75) is 53.1 Å². The Balaban J connectivity index is 2.57. The van der Waals surface area contributed by atoms with Gasteiger partial charge in [0.05, 0.1) is 6.61 Å². The first kappa shape index (κ1) is 20.2. The Labute approximate surface area is 146 Å². The lowest BCUT2D eigenvalue weighted by molar-refractivity contribution is -0.132. The number of Topliss-reactive ketones (excluding diaryl/α,β-unsaturated/α-hetero) is 1. The fourth-order valence-electron chi connectivity index (χ4n) is 2.33. The zero-order valence-electron chi connectivity index (χ0n) is 15.1. The molecule has 3 heteroatoms. The molecule has 130 valence electrons. The first-order chi connectivity index (χ1) is 11.0. The lowest BCUT2D eigenvalue weighted by atomic mass is 9.98. The van der Waals surface area contributed by atoms with E-state index in [1.54, 1.807) is 0 Å². The van der Waals surface area contributed by atoms with Crippen LogP contribution < -0.4 is 0 Å². The number of hydrogen-bond donors (Lipinski definition) is 0. The minimum absolute atomic E-state index is 0.209. The van der Waals surface area contributed by atoms with Crippen molar-refractivity contribution < 1.29 is 9.53 Å². The molecular weight excluding hydrogens is 304 g/mol. The second-order valence-electron chi connectivity index (χ2n) is 6.72. The molecule has 0 aliphatic carbocycles. The lowest BCUT2D eigenvalue weighted by Gasteiger charge is -2.20. The van der Waals surface area contributed by atoms with E-state index in [0.717, 1.165) is 11.3 Å². The van der Waals surface area contributed by atoms with Crippen LogP contribution in [-0.2, 0) is 9.53 Å². The second-order valence-corrected chi connectivity index (χ2v) is 7.87. The molecule has 0 saturated heterocycles. The third-order valence-electron chi connectivity index (χ3n) is 3.59. The summed E-state index contributed by atoms with van der Waals surface area (Å²) in [7, 11) is 0. The summed E-state index contributed by atoms with van der Waals surface area (Å²) >= 11 is 1.96. The molecule has 23 heavy (non-hydrogen) atoms. The number of rotatable bonds is 12. The summed E-state index contributed by atoms with van der Waals surface area (Å²) in [4.78, 5) is 12.7. The SMILES string of the molecule is CCCCSCC(C)CC(=O)C(OCC(C)C)c1ccccc1. The van der Waals surface area contributed by atoms with Gasteiger partial charge in [0, 0.05) is 6.42 Å². The molecule has 0 saturated carbocycles. The van der Waals surface area contributed by atoms with E-state index in [-0.39, 0.29) is 5.78 Å². The summed E-state index contributed by atoms with van der Waals surface area (Å²) in [6.07, 6.45) is 2.67. The number of carbonyl (C=O) groups is 1. The molecule has 0 heterocycles. The lowest BCUT2D eigenvalue weighted by Crippen LogP contribution is -2.21. The molecule has 0 fully saturated rings. The van der Waals surface area contributed by atoms with Crippen molar-refractivity contribution in [1.29, 1.82) is 0 Å². The van der Waals surface area contributed by atoms with Gasteiger partial charge >= 0.3 is 0 Å².